The first-order chi connectivity index (χ1) is 5.70. The molecule has 0 unspecified atom stereocenters. The molecule has 0 spiro atoms. The third-order valence-electron chi connectivity index (χ3n) is 2.31. The summed E-state index contributed by atoms with van der Waals surface area (Å²) < 4.78 is 0. The van der Waals surface area contributed by atoms with Crippen molar-refractivity contribution in [3.8, 4) is 0 Å². The van der Waals surface area contributed by atoms with E-state index < -0.39 is 11.1 Å². The summed E-state index contributed by atoms with van der Waals surface area (Å²) in [6.07, 6.45) is 1.81. The van der Waals surface area contributed by atoms with Gasteiger partial charge in [0.1, 0.15) is 0 Å². The molecule has 3 heteroatoms. The summed E-state index contributed by atoms with van der Waals surface area (Å²) in [5, 5.41) is 12.5. The van der Waals surface area contributed by atoms with Crippen LogP contribution >= 0.6 is 0 Å². The number of amides is 1. The fraction of sp³-hybridized carbons (Fsp3) is 0.700. The molecular weight excluding hydrogens is 166 g/mol. The van der Waals surface area contributed by atoms with E-state index >= 15 is 0 Å². The lowest BCUT2D eigenvalue weighted by atomic mass is 9.86. The zero-order valence-corrected chi connectivity index (χ0v) is 8.85. The Morgan fingerprint density at radius 2 is 1.92 bits per heavy atom. The highest BCUT2D eigenvalue weighted by atomic mass is 16.3. The highest BCUT2D eigenvalue weighted by Gasteiger charge is 2.35. The minimum atomic E-state index is -0.941. The van der Waals surface area contributed by atoms with Gasteiger partial charge in [0.2, 0.25) is 5.91 Å². The second-order valence-corrected chi connectivity index (χ2v) is 4.22. The molecule has 0 aromatic heterocycles. The van der Waals surface area contributed by atoms with Gasteiger partial charge in [-0.25, -0.2) is 0 Å². The van der Waals surface area contributed by atoms with E-state index in [4.69, 9.17) is 0 Å². The first kappa shape index (κ1) is 12.2. The Morgan fingerprint density at radius 3 is 2.23 bits per heavy atom. The Labute approximate surface area is 79.8 Å². The van der Waals surface area contributed by atoms with Crippen molar-refractivity contribution >= 4 is 5.91 Å². The fourth-order valence-corrected chi connectivity index (χ4v) is 0.684. The van der Waals surface area contributed by atoms with E-state index in [0.29, 0.717) is 0 Å². The van der Waals surface area contributed by atoms with Crippen molar-refractivity contribution in [1.29, 1.82) is 0 Å². The minimum Gasteiger partial charge on any atom is -0.388 e. The molecule has 0 aliphatic rings. The number of carbonyl (C=O) groups excluding carboxylic acids is 1. The molecule has 0 radical (unpaired) electrons. The van der Waals surface area contributed by atoms with Gasteiger partial charge in [0.15, 0.2) is 0 Å². The Morgan fingerprint density at radius 1 is 1.46 bits per heavy atom. The molecule has 0 aliphatic carbocycles. The van der Waals surface area contributed by atoms with Gasteiger partial charge < -0.3 is 10.4 Å². The van der Waals surface area contributed by atoms with E-state index in [9.17, 15) is 9.90 Å². The lowest BCUT2D eigenvalue weighted by Gasteiger charge is -2.37. The minimum absolute atomic E-state index is 0.123. The molecule has 0 heterocycles. The van der Waals surface area contributed by atoms with Crippen LogP contribution in [-0.2, 0) is 4.79 Å². The standard InChI is InChI=1S/C10H19NO2/c1-6-7-8(12)11-9(2,3)10(4,5)13/h6,13H,1,7H2,2-5H3,(H,11,12). The monoisotopic (exact) mass is 185 g/mol. The van der Waals surface area contributed by atoms with Gasteiger partial charge in [-0.05, 0) is 27.7 Å². The second-order valence-electron chi connectivity index (χ2n) is 4.22. The third kappa shape index (κ3) is 3.59. The number of hydrogen-bond donors (Lipinski definition) is 2. The quantitative estimate of drug-likeness (QED) is 0.647. The summed E-state index contributed by atoms with van der Waals surface area (Å²) in [6, 6.07) is 0. The Hall–Kier alpha value is -0.830. The van der Waals surface area contributed by atoms with Gasteiger partial charge in [-0.2, -0.15) is 0 Å². The van der Waals surface area contributed by atoms with Crippen LogP contribution in [0.4, 0.5) is 0 Å². The predicted molar refractivity (Wildman–Crippen MR) is 53.3 cm³/mol. The van der Waals surface area contributed by atoms with Gasteiger partial charge in [0.05, 0.1) is 11.1 Å². The molecule has 0 saturated heterocycles. The summed E-state index contributed by atoms with van der Waals surface area (Å²) >= 11 is 0. The summed E-state index contributed by atoms with van der Waals surface area (Å²) in [7, 11) is 0. The molecule has 0 saturated carbocycles. The molecule has 0 aromatic carbocycles. The van der Waals surface area contributed by atoms with Crippen molar-refractivity contribution in [1.82, 2.24) is 5.32 Å². The molecule has 13 heavy (non-hydrogen) atoms. The smallest absolute Gasteiger partial charge is 0.224 e. The summed E-state index contributed by atoms with van der Waals surface area (Å²) in [4.78, 5) is 11.2. The average molecular weight is 185 g/mol. The maximum Gasteiger partial charge on any atom is 0.224 e. The van der Waals surface area contributed by atoms with Crippen LogP contribution in [0.3, 0.4) is 0 Å². The molecule has 76 valence electrons. The SMILES string of the molecule is C=CCC(=O)NC(C)(C)C(C)(C)O. The zero-order valence-electron chi connectivity index (χ0n) is 8.85. The van der Waals surface area contributed by atoms with Crippen LogP contribution in [-0.4, -0.2) is 22.2 Å². The van der Waals surface area contributed by atoms with Gasteiger partial charge in [-0.1, -0.05) is 6.08 Å². The average Bonchev–Trinajstić information content (AvgIpc) is 1.83. The van der Waals surface area contributed by atoms with Gasteiger partial charge in [0.25, 0.3) is 0 Å². The first-order valence-electron chi connectivity index (χ1n) is 4.35. The van der Waals surface area contributed by atoms with Crippen LogP contribution in [0.1, 0.15) is 34.1 Å². The topological polar surface area (TPSA) is 49.3 Å². The summed E-state index contributed by atoms with van der Waals surface area (Å²) in [5.41, 5.74) is -1.57. The number of aliphatic hydroxyl groups is 1. The molecule has 3 nitrogen and oxygen atoms in total. The van der Waals surface area contributed by atoms with Crippen LogP contribution in [0.25, 0.3) is 0 Å². The molecule has 0 aromatic rings. The van der Waals surface area contributed by atoms with Crippen LogP contribution in [0, 0.1) is 0 Å². The van der Waals surface area contributed by atoms with Crippen LogP contribution < -0.4 is 5.32 Å². The lowest BCUT2D eigenvalue weighted by molar-refractivity contribution is -0.125. The van der Waals surface area contributed by atoms with Crippen molar-refractivity contribution in [3.63, 3.8) is 0 Å². The molecule has 0 atom stereocenters. The van der Waals surface area contributed by atoms with Gasteiger partial charge >= 0.3 is 0 Å². The van der Waals surface area contributed by atoms with Crippen molar-refractivity contribution in [2.45, 2.75) is 45.3 Å². The summed E-state index contributed by atoms with van der Waals surface area (Å²) in [6.45, 7) is 10.4. The maximum atomic E-state index is 11.2. The van der Waals surface area contributed by atoms with E-state index in [-0.39, 0.29) is 12.3 Å². The number of rotatable bonds is 4. The van der Waals surface area contributed by atoms with Crippen molar-refractivity contribution in [2.75, 3.05) is 0 Å². The van der Waals surface area contributed by atoms with E-state index in [2.05, 4.69) is 11.9 Å². The molecular formula is C10H19NO2. The summed E-state index contributed by atoms with van der Waals surface area (Å²) in [5.74, 6) is -0.123. The van der Waals surface area contributed by atoms with Crippen molar-refractivity contribution in [3.05, 3.63) is 12.7 Å². The van der Waals surface area contributed by atoms with Crippen LogP contribution in [0.5, 0.6) is 0 Å². The lowest BCUT2D eigenvalue weighted by Crippen LogP contribution is -2.57. The zero-order chi connectivity index (χ0) is 10.7. The van der Waals surface area contributed by atoms with Crippen molar-refractivity contribution in [2.24, 2.45) is 0 Å². The Balaban J connectivity index is 4.33. The largest absolute Gasteiger partial charge is 0.388 e. The highest BCUT2D eigenvalue weighted by molar-refractivity contribution is 5.78. The molecule has 2 N–H and O–H groups in total. The molecule has 0 aliphatic heterocycles. The number of nitrogens with one attached hydrogen (secondary N) is 1. The van der Waals surface area contributed by atoms with Gasteiger partial charge in [-0.15, -0.1) is 6.58 Å². The second kappa shape index (κ2) is 3.92. The molecule has 1 amide bonds. The number of hydrogen-bond acceptors (Lipinski definition) is 2. The highest BCUT2D eigenvalue weighted by Crippen LogP contribution is 2.20. The predicted octanol–water partition coefficient (Wildman–Crippen LogP) is 1.23. The molecule has 0 bridgehead atoms. The van der Waals surface area contributed by atoms with E-state index in [1.54, 1.807) is 27.7 Å². The van der Waals surface area contributed by atoms with E-state index in [1.165, 1.54) is 6.08 Å². The van der Waals surface area contributed by atoms with Crippen LogP contribution in [0.2, 0.25) is 0 Å². The van der Waals surface area contributed by atoms with Gasteiger partial charge in [0, 0.05) is 6.42 Å². The first-order valence-corrected chi connectivity index (χ1v) is 4.35. The van der Waals surface area contributed by atoms with Crippen LogP contribution in [0.15, 0.2) is 12.7 Å². The molecule has 0 rings (SSSR count). The maximum absolute atomic E-state index is 11.2. The fourth-order valence-electron chi connectivity index (χ4n) is 0.684. The number of carbonyl (C=O) groups is 1. The van der Waals surface area contributed by atoms with Crippen molar-refractivity contribution < 1.29 is 9.90 Å². The van der Waals surface area contributed by atoms with Gasteiger partial charge in [-0.3, -0.25) is 4.79 Å². The Kier molecular flexibility index (Phi) is 3.67. The Bertz CT molecular complexity index is 201. The van der Waals surface area contributed by atoms with E-state index in [1.807, 2.05) is 0 Å². The molecule has 0 fully saturated rings. The van der Waals surface area contributed by atoms with E-state index in [0.717, 1.165) is 0 Å². The normalized spacial score (nSPS) is 12.4. The third-order valence-corrected chi connectivity index (χ3v) is 2.31.